The van der Waals surface area contributed by atoms with Crippen LogP contribution in [0.1, 0.15) is 12.3 Å². The minimum Gasteiger partial charge on any atom is -0.456 e. The highest BCUT2D eigenvalue weighted by molar-refractivity contribution is 5.92. The number of aryl methyl sites for hydroxylation is 1. The summed E-state index contributed by atoms with van der Waals surface area (Å²) in [6.07, 6.45) is -4.74. The number of benzene rings is 2. The zero-order chi connectivity index (χ0) is 22.3. The van der Waals surface area contributed by atoms with Gasteiger partial charge in [0.1, 0.15) is 5.75 Å². The van der Waals surface area contributed by atoms with E-state index in [0.29, 0.717) is 5.82 Å². The van der Waals surface area contributed by atoms with E-state index in [2.05, 4.69) is 20.2 Å². The zero-order valence-corrected chi connectivity index (χ0v) is 15.9. The summed E-state index contributed by atoms with van der Waals surface area (Å²) in [7, 11) is 0. The van der Waals surface area contributed by atoms with Gasteiger partial charge in [-0.25, -0.2) is 0 Å². The topological polar surface area (TPSA) is 104 Å². The molecular weight excluding hydrogens is 419 g/mol. The van der Waals surface area contributed by atoms with Crippen molar-refractivity contribution >= 4 is 17.6 Å². The molecule has 8 nitrogen and oxygen atoms in total. The van der Waals surface area contributed by atoms with Crippen LogP contribution in [0.2, 0.25) is 0 Å². The fraction of sp³-hybridized carbons (Fsp3) is 0.200. The molecule has 0 aliphatic rings. The van der Waals surface area contributed by atoms with Gasteiger partial charge in [0, 0.05) is 17.7 Å². The average molecular weight is 435 g/mol. The first-order valence-electron chi connectivity index (χ1n) is 8.98. The number of amides is 1. The van der Waals surface area contributed by atoms with Crippen LogP contribution in [0.15, 0.2) is 59.1 Å². The van der Waals surface area contributed by atoms with Crippen molar-refractivity contribution in [1.82, 2.24) is 10.1 Å². The first-order chi connectivity index (χ1) is 14.8. The van der Waals surface area contributed by atoms with E-state index >= 15 is 0 Å². The van der Waals surface area contributed by atoms with Crippen LogP contribution < -0.4 is 10.1 Å². The third-order valence-electron chi connectivity index (χ3n) is 3.78. The van der Waals surface area contributed by atoms with E-state index in [-0.39, 0.29) is 24.4 Å². The van der Waals surface area contributed by atoms with Gasteiger partial charge in [0.15, 0.2) is 6.61 Å². The Morgan fingerprint density at radius 3 is 2.42 bits per heavy atom. The maximum absolute atomic E-state index is 12.1. The first kappa shape index (κ1) is 21.8. The third kappa shape index (κ3) is 7.14. The van der Waals surface area contributed by atoms with Crippen LogP contribution in [-0.4, -0.2) is 35.0 Å². The van der Waals surface area contributed by atoms with Gasteiger partial charge in [0.2, 0.25) is 11.7 Å². The number of ether oxygens (including phenoxy) is 2. The molecule has 0 aliphatic heterocycles. The van der Waals surface area contributed by atoms with Gasteiger partial charge in [-0.1, -0.05) is 35.5 Å². The fourth-order valence-corrected chi connectivity index (χ4v) is 2.43. The number of aromatic nitrogens is 2. The Kier molecular flexibility index (Phi) is 6.85. The van der Waals surface area contributed by atoms with Crippen LogP contribution in [0.5, 0.6) is 5.75 Å². The van der Waals surface area contributed by atoms with E-state index < -0.39 is 30.6 Å². The molecule has 0 aliphatic carbocycles. The van der Waals surface area contributed by atoms with Gasteiger partial charge in [0.25, 0.3) is 5.91 Å². The van der Waals surface area contributed by atoms with Gasteiger partial charge in [-0.05, 0) is 24.3 Å². The monoisotopic (exact) mass is 435 g/mol. The molecule has 31 heavy (non-hydrogen) atoms. The van der Waals surface area contributed by atoms with Crippen LogP contribution >= 0.6 is 0 Å². The number of nitrogens with zero attached hydrogens (tertiary/aromatic N) is 2. The Hall–Kier alpha value is -3.89. The van der Waals surface area contributed by atoms with Gasteiger partial charge >= 0.3 is 12.3 Å². The summed E-state index contributed by atoms with van der Waals surface area (Å²) in [5.41, 5.74) is 0.990. The summed E-state index contributed by atoms with van der Waals surface area (Å²) in [4.78, 5) is 27.8. The second-order valence-corrected chi connectivity index (χ2v) is 6.16. The molecule has 162 valence electrons. The highest BCUT2D eigenvalue weighted by atomic mass is 19.4. The second-order valence-electron chi connectivity index (χ2n) is 6.16. The molecule has 0 saturated carbocycles. The number of carbonyl (C=O) groups is 2. The predicted molar refractivity (Wildman–Crippen MR) is 101 cm³/mol. The largest absolute Gasteiger partial charge is 0.573 e. The van der Waals surface area contributed by atoms with Gasteiger partial charge in [-0.2, -0.15) is 4.98 Å². The van der Waals surface area contributed by atoms with E-state index in [1.807, 2.05) is 30.3 Å². The highest BCUT2D eigenvalue weighted by Gasteiger charge is 2.30. The predicted octanol–water partition coefficient (Wildman–Crippen LogP) is 3.75. The number of halogens is 3. The molecule has 3 aromatic rings. The molecule has 0 bridgehead atoms. The van der Waals surface area contributed by atoms with Crippen LogP contribution in [0.3, 0.4) is 0 Å². The van der Waals surface area contributed by atoms with Gasteiger partial charge in [0.05, 0.1) is 6.42 Å². The van der Waals surface area contributed by atoms with Crippen molar-refractivity contribution in [3.05, 3.63) is 60.5 Å². The Labute approximate surface area is 174 Å². The molecule has 0 saturated heterocycles. The smallest absolute Gasteiger partial charge is 0.456 e. The van der Waals surface area contributed by atoms with Crippen molar-refractivity contribution in [2.75, 3.05) is 11.9 Å². The van der Waals surface area contributed by atoms with E-state index in [4.69, 9.17) is 9.26 Å². The van der Waals surface area contributed by atoms with Crippen molar-refractivity contribution in [1.29, 1.82) is 0 Å². The summed E-state index contributed by atoms with van der Waals surface area (Å²) in [5.74, 6) is -1.07. The van der Waals surface area contributed by atoms with Crippen LogP contribution in [0, 0.1) is 0 Å². The van der Waals surface area contributed by atoms with Gasteiger partial charge < -0.3 is 19.3 Å². The third-order valence-corrected chi connectivity index (χ3v) is 3.78. The van der Waals surface area contributed by atoms with E-state index in [1.54, 1.807) is 0 Å². The molecule has 0 fully saturated rings. The molecule has 1 heterocycles. The fourth-order valence-electron chi connectivity index (χ4n) is 2.43. The van der Waals surface area contributed by atoms with Crippen LogP contribution in [-0.2, 0) is 20.7 Å². The van der Waals surface area contributed by atoms with Crippen LogP contribution in [0.25, 0.3) is 11.4 Å². The lowest BCUT2D eigenvalue weighted by atomic mass is 10.2. The van der Waals surface area contributed by atoms with Crippen molar-refractivity contribution in [2.24, 2.45) is 0 Å². The van der Waals surface area contributed by atoms with Crippen LogP contribution in [0.4, 0.5) is 18.9 Å². The zero-order valence-electron chi connectivity index (χ0n) is 15.9. The number of rotatable bonds is 8. The number of carbonyl (C=O) groups excluding carboxylic acids is 2. The second kappa shape index (κ2) is 9.74. The lowest BCUT2D eigenvalue weighted by molar-refractivity contribution is -0.274. The van der Waals surface area contributed by atoms with E-state index in [9.17, 15) is 22.8 Å². The Bertz CT molecular complexity index is 1020. The molecule has 11 heteroatoms. The summed E-state index contributed by atoms with van der Waals surface area (Å²) in [6.45, 7) is -0.557. The standard InChI is InChI=1S/C20H16F3N3O5/c21-20(22,23)30-15-8-6-14(7-9-15)24-16(27)12-29-18(28)11-10-17-25-19(26-31-17)13-4-2-1-3-5-13/h1-9H,10-12H2,(H,24,27). The number of hydrogen-bond acceptors (Lipinski definition) is 7. The number of alkyl halides is 3. The molecule has 0 unspecified atom stereocenters. The molecular formula is C20H16F3N3O5. The first-order valence-corrected chi connectivity index (χ1v) is 8.98. The van der Waals surface area contributed by atoms with E-state index in [0.717, 1.165) is 17.7 Å². The van der Waals surface area contributed by atoms with Crippen molar-refractivity contribution in [3.63, 3.8) is 0 Å². The van der Waals surface area contributed by atoms with Crippen molar-refractivity contribution < 1.29 is 36.8 Å². The summed E-state index contributed by atoms with van der Waals surface area (Å²) < 4.78 is 50.1. The molecule has 0 spiro atoms. The number of hydrogen-bond donors (Lipinski definition) is 1. The molecule has 0 radical (unpaired) electrons. The number of nitrogens with one attached hydrogen (secondary N) is 1. The average Bonchev–Trinajstić information content (AvgIpc) is 3.21. The summed E-state index contributed by atoms with van der Waals surface area (Å²) in [5, 5.41) is 6.23. The maximum atomic E-state index is 12.1. The molecule has 1 N–H and O–H groups in total. The lowest BCUT2D eigenvalue weighted by Gasteiger charge is -2.10. The Morgan fingerprint density at radius 1 is 1.03 bits per heavy atom. The van der Waals surface area contributed by atoms with Crippen molar-refractivity contribution in [3.8, 4) is 17.1 Å². The lowest BCUT2D eigenvalue weighted by Crippen LogP contribution is -2.21. The molecule has 2 aromatic carbocycles. The van der Waals surface area contributed by atoms with Gasteiger partial charge in [-0.15, -0.1) is 13.2 Å². The molecule has 3 rings (SSSR count). The number of anilines is 1. The normalized spacial score (nSPS) is 11.1. The maximum Gasteiger partial charge on any atom is 0.573 e. The Balaban J connectivity index is 1.39. The summed E-state index contributed by atoms with van der Waals surface area (Å²) in [6, 6.07) is 13.7. The molecule has 1 aromatic heterocycles. The SMILES string of the molecule is O=C(COC(=O)CCc1nc(-c2ccccc2)no1)Nc1ccc(OC(F)(F)F)cc1. The minimum atomic E-state index is -4.80. The quantitative estimate of drug-likeness (QED) is 0.538. The van der Waals surface area contributed by atoms with Crippen molar-refractivity contribution in [2.45, 2.75) is 19.2 Å². The molecule has 1 amide bonds. The highest BCUT2D eigenvalue weighted by Crippen LogP contribution is 2.24. The summed E-state index contributed by atoms with van der Waals surface area (Å²) >= 11 is 0. The minimum absolute atomic E-state index is 0.0762. The number of esters is 1. The van der Waals surface area contributed by atoms with E-state index in [1.165, 1.54) is 12.1 Å². The Morgan fingerprint density at radius 2 is 1.74 bits per heavy atom. The van der Waals surface area contributed by atoms with Gasteiger partial charge in [-0.3, -0.25) is 9.59 Å². The molecule has 0 atom stereocenters.